The van der Waals surface area contributed by atoms with E-state index in [9.17, 15) is 4.79 Å². The first-order valence-electron chi connectivity index (χ1n) is 7.31. The number of hydrazone groups is 1. The average molecular weight is 348 g/mol. The van der Waals surface area contributed by atoms with E-state index in [1.807, 2.05) is 31.2 Å². The third kappa shape index (κ3) is 5.48. The second-order valence-corrected chi connectivity index (χ2v) is 5.23. The Morgan fingerprint density at radius 3 is 2.62 bits per heavy atom. The molecule has 0 bridgehead atoms. The highest BCUT2D eigenvalue weighted by Crippen LogP contribution is 2.29. The van der Waals surface area contributed by atoms with Gasteiger partial charge < -0.3 is 15.2 Å². The largest absolute Gasteiger partial charge is 0.490 e. The Morgan fingerprint density at radius 2 is 1.96 bits per heavy atom. The van der Waals surface area contributed by atoms with Gasteiger partial charge in [0, 0.05) is 5.02 Å². The van der Waals surface area contributed by atoms with Crippen molar-refractivity contribution in [3.8, 4) is 11.5 Å². The van der Waals surface area contributed by atoms with Gasteiger partial charge in [0.05, 0.1) is 12.8 Å². The van der Waals surface area contributed by atoms with Crippen molar-refractivity contribution in [3.05, 3.63) is 58.6 Å². The van der Waals surface area contributed by atoms with Gasteiger partial charge in [0.1, 0.15) is 6.61 Å². The van der Waals surface area contributed by atoms with Crippen LogP contribution in [0, 0.1) is 0 Å². The fourth-order valence-electron chi connectivity index (χ4n) is 1.90. The predicted molar refractivity (Wildman–Crippen MR) is 93.7 cm³/mol. The van der Waals surface area contributed by atoms with Gasteiger partial charge in [-0.05, 0) is 48.4 Å². The quantitative estimate of drug-likeness (QED) is 0.595. The summed E-state index contributed by atoms with van der Waals surface area (Å²) in [4.78, 5) is 10.6. The minimum atomic E-state index is -0.723. The Bertz CT molecular complexity index is 718. The average Bonchev–Trinajstić information content (AvgIpc) is 2.55. The highest BCUT2D eigenvalue weighted by Gasteiger charge is 2.06. The van der Waals surface area contributed by atoms with Gasteiger partial charge in [-0.1, -0.05) is 23.7 Å². The van der Waals surface area contributed by atoms with Crippen LogP contribution in [0.4, 0.5) is 4.79 Å². The number of primary amides is 1. The lowest BCUT2D eigenvalue weighted by molar-refractivity contribution is 0.249. The Kier molecular flexibility index (Phi) is 6.45. The molecular formula is C17H18ClN3O3. The molecule has 6 nitrogen and oxygen atoms in total. The number of nitrogens with zero attached hydrogens (tertiary/aromatic N) is 1. The molecule has 0 fully saturated rings. The number of benzene rings is 2. The minimum Gasteiger partial charge on any atom is -0.490 e. The molecule has 2 amide bonds. The van der Waals surface area contributed by atoms with Gasteiger partial charge in [0.25, 0.3) is 0 Å². The van der Waals surface area contributed by atoms with Crippen molar-refractivity contribution in [3.63, 3.8) is 0 Å². The van der Waals surface area contributed by atoms with E-state index in [1.165, 1.54) is 6.21 Å². The molecule has 3 N–H and O–H groups in total. The SMILES string of the molecule is CCOc1cc(/C=N/NC(N)=O)ccc1OCc1ccc(Cl)cc1. The molecule has 2 aromatic rings. The van der Waals surface area contributed by atoms with Crippen molar-refractivity contribution in [2.24, 2.45) is 10.8 Å². The molecule has 126 valence electrons. The highest BCUT2D eigenvalue weighted by molar-refractivity contribution is 6.30. The Hall–Kier alpha value is -2.73. The smallest absolute Gasteiger partial charge is 0.332 e. The van der Waals surface area contributed by atoms with Crippen molar-refractivity contribution in [1.29, 1.82) is 0 Å². The molecule has 24 heavy (non-hydrogen) atoms. The van der Waals surface area contributed by atoms with Gasteiger partial charge in [-0.2, -0.15) is 5.10 Å². The van der Waals surface area contributed by atoms with Gasteiger partial charge in [-0.15, -0.1) is 0 Å². The van der Waals surface area contributed by atoms with Crippen LogP contribution in [0.15, 0.2) is 47.6 Å². The van der Waals surface area contributed by atoms with Gasteiger partial charge in [-0.3, -0.25) is 0 Å². The maximum Gasteiger partial charge on any atom is 0.332 e. The molecule has 0 aliphatic carbocycles. The molecule has 0 unspecified atom stereocenters. The molecule has 0 heterocycles. The molecule has 2 aromatic carbocycles. The second-order valence-electron chi connectivity index (χ2n) is 4.79. The maximum atomic E-state index is 10.6. The van der Waals surface area contributed by atoms with E-state index in [2.05, 4.69) is 10.5 Å². The first-order valence-corrected chi connectivity index (χ1v) is 7.69. The van der Waals surface area contributed by atoms with Crippen molar-refractivity contribution in [1.82, 2.24) is 5.43 Å². The number of hydrogen-bond donors (Lipinski definition) is 2. The van der Waals surface area contributed by atoms with E-state index in [0.29, 0.717) is 29.7 Å². The van der Waals surface area contributed by atoms with Crippen LogP contribution in [-0.2, 0) is 6.61 Å². The summed E-state index contributed by atoms with van der Waals surface area (Å²) in [5, 5.41) is 4.40. The number of rotatable bonds is 7. The van der Waals surface area contributed by atoms with Gasteiger partial charge in [-0.25, -0.2) is 10.2 Å². The third-order valence-electron chi connectivity index (χ3n) is 2.96. The third-order valence-corrected chi connectivity index (χ3v) is 3.22. The van der Waals surface area contributed by atoms with Crippen molar-refractivity contribution in [2.45, 2.75) is 13.5 Å². The topological polar surface area (TPSA) is 85.9 Å². The Morgan fingerprint density at radius 1 is 1.21 bits per heavy atom. The molecule has 0 aliphatic heterocycles. The van der Waals surface area contributed by atoms with Gasteiger partial charge in [0.15, 0.2) is 11.5 Å². The zero-order valence-electron chi connectivity index (χ0n) is 13.2. The fraction of sp³-hybridized carbons (Fsp3) is 0.176. The number of nitrogens with one attached hydrogen (secondary N) is 1. The Balaban J connectivity index is 2.09. The second kappa shape index (κ2) is 8.79. The summed E-state index contributed by atoms with van der Waals surface area (Å²) in [5.41, 5.74) is 8.82. The molecule has 2 rings (SSSR count). The van der Waals surface area contributed by atoms with Crippen molar-refractivity contribution < 1.29 is 14.3 Å². The molecule has 0 aromatic heterocycles. The Labute approximate surface area is 145 Å². The van der Waals surface area contributed by atoms with E-state index in [4.69, 9.17) is 26.8 Å². The maximum absolute atomic E-state index is 10.6. The van der Waals surface area contributed by atoms with E-state index in [-0.39, 0.29) is 0 Å². The van der Waals surface area contributed by atoms with E-state index in [0.717, 1.165) is 11.1 Å². The number of carbonyl (C=O) groups excluding carboxylic acids is 1. The number of urea groups is 1. The number of carbonyl (C=O) groups is 1. The van der Waals surface area contributed by atoms with Gasteiger partial charge in [0.2, 0.25) is 0 Å². The van der Waals surface area contributed by atoms with Crippen LogP contribution in [0.1, 0.15) is 18.1 Å². The monoisotopic (exact) mass is 347 g/mol. The summed E-state index contributed by atoms with van der Waals surface area (Å²) >= 11 is 5.87. The van der Waals surface area contributed by atoms with E-state index >= 15 is 0 Å². The lowest BCUT2D eigenvalue weighted by Crippen LogP contribution is -2.24. The van der Waals surface area contributed by atoms with Crippen LogP contribution >= 0.6 is 11.6 Å². The summed E-state index contributed by atoms with van der Waals surface area (Å²) in [6.45, 7) is 2.78. The molecular weight excluding hydrogens is 330 g/mol. The van der Waals surface area contributed by atoms with Crippen LogP contribution in [-0.4, -0.2) is 18.9 Å². The van der Waals surface area contributed by atoms with E-state index in [1.54, 1.807) is 18.2 Å². The standard InChI is InChI=1S/C17H18ClN3O3/c1-2-23-16-9-13(10-20-21-17(19)22)5-8-15(16)24-11-12-3-6-14(18)7-4-12/h3-10H,2,11H2,1H3,(H3,19,21,22)/b20-10+. The predicted octanol–water partition coefficient (Wildman–Crippen LogP) is 3.32. The molecule has 7 heteroatoms. The molecule has 0 aliphatic rings. The van der Waals surface area contributed by atoms with Crippen LogP contribution in [0.3, 0.4) is 0 Å². The van der Waals surface area contributed by atoms with Gasteiger partial charge >= 0.3 is 6.03 Å². The minimum absolute atomic E-state index is 0.397. The first kappa shape index (κ1) is 17.6. The molecule has 0 saturated heterocycles. The van der Waals surface area contributed by atoms with Crippen molar-refractivity contribution in [2.75, 3.05) is 6.61 Å². The first-order chi connectivity index (χ1) is 11.6. The summed E-state index contributed by atoms with van der Waals surface area (Å²) in [7, 11) is 0. The number of ether oxygens (including phenoxy) is 2. The molecule has 0 saturated carbocycles. The number of hydrogen-bond acceptors (Lipinski definition) is 4. The van der Waals surface area contributed by atoms with E-state index < -0.39 is 6.03 Å². The zero-order chi connectivity index (χ0) is 17.4. The molecule has 0 atom stereocenters. The number of halogens is 1. The highest BCUT2D eigenvalue weighted by atomic mass is 35.5. The summed E-state index contributed by atoms with van der Waals surface area (Å²) in [6, 6.07) is 12.1. The van der Waals surface area contributed by atoms with Crippen LogP contribution < -0.4 is 20.6 Å². The fourth-order valence-corrected chi connectivity index (χ4v) is 2.03. The number of nitrogens with two attached hydrogens (primary N) is 1. The summed E-state index contributed by atoms with van der Waals surface area (Å²) in [5.74, 6) is 1.21. The summed E-state index contributed by atoms with van der Waals surface area (Å²) in [6.07, 6.45) is 1.47. The summed E-state index contributed by atoms with van der Waals surface area (Å²) < 4.78 is 11.4. The van der Waals surface area contributed by atoms with Crippen molar-refractivity contribution >= 4 is 23.8 Å². The van der Waals surface area contributed by atoms with Crippen LogP contribution in [0.5, 0.6) is 11.5 Å². The zero-order valence-corrected chi connectivity index (χ0v) is 13.9. The lowest BCUT2D eigenvalue weighted by Gasteiger charge is -2.12. The number of amides is 2. The lowest BCUT2D eigenvalue weighted by atomic mass is 10.2. The normalized spacial score (nSPS) is 10.6. The van der Waals surface area contributed by atoms with Crippen LogP contribution in [0.25, 0.3) is 0 Å². The van der Waals surface area contributed by atoms with Crippen LogP contribution in [0.2, 0.25) is 5.02 Å². The molecule has 0 radical (unpaired) electrons. The molecule has 0 spiro atoms.